The Morgan fingerprint density at radius 1 is 0.615 bits per heavy atom. The molecule has 0 bridgehead atoms. The molecule has 0 heterocycles. The second-order valence-electron chi connectivity index (χ2n) is 13.8. The van der Waals surface area contributed by atoms with Crippen molar-refractivity contribution in [2.75, 3.05) is 6.61 Å². The summed E-state index contributed by atoms with van der Waals surface area (Å²) in [6.45, 7) is 6.16. The van der Waals surface area contributed by atoms with Crippen molar-refractivity contribution >= 4 is 23.4 Å². The van der Waals surface area contributed by atoms with Crippen LogP contribution in [-0.4, -0.2) is 24.3 Å². The van der Waals surface area contributed by atoms with Gasteiger partial charge in [0.25, 0.3) is 0 Å². The Morgan fingerprint density at radius 3 is 1.73 bits per heavy atom. The van der Waals surface area contributed by atoms with Crippen molar-refractivity contribution in [3.63, 3.8) is 0 Å². The molecular formula is C45H39N3O4. The summed E-state index contributed by atoms with van der Waals surface area (Å²) in [5.41, 5.74) is 10.8. The van der Waals surface area contributed by atoms with Crippen molar-refractivity contribution in [1.29, 1.82) is 0 Å². The van der Waals surface area contributed by atoms with Gasteiger partial charge in [0, 0.05) is 12.5 Å². The molecule has 6 aromatic carbocycles. The molecule has 0 aromatic heterocycles. The van der Waals surface area contributed by atoms with Crippen molar-refractivity contribution in [2.24, 2.45) is 10.2 Å². The van der Waals surface area contributed by atoms with Gasteiger partial charge in [-0.25, -0.2) is 9.59 Å². The second kappa shape index (κ2) is 14.9. The molecular weight excluding hydrogens is 647 g/mol. The normalized spacial score (nSPS) is 12.3. The molecule has 1 N–H and O–H groups in total. The molecule has 0 radical (unpaired) electrons. The van der Waals surface area contributed by atoms with Crippen LogP contribution in [0.1, 0.15) is 53.7 Å². The van der Waals surface area contributed by atoms with Gasteiger partial charge in [-0.3, -0.25) is 0 Å². The fourth-order valence-electron chi connectivity index (χ4n) is 6.46. The molecule has 0 saturated carbocycles. The number of nitrogens with zero attached hydrogens (tertiary/aromatic N) is 2. The van der Waals surface area contributed by atoms with E-state index >= 15 is 0 Å². The van der Waals surface area contributed by atoms with Crippen LogP contribution in [0.2, 0.25) is 0 Å². The van der Waals surface area contributed by atoms with Crippen LogP contribution in [0.5, 0.6) is 0 Å². The molecule has 1 aliphatic rings. The van der Waals surface area contributed by atoms with Crippen LogP contribution in [0, 0.1) is 0 Å². The number of ether oxygens (including phenoxy) is 2. The maximum atomic E-state index is 12.8. The maximum absolute atomic E-state index is 12.8. The van der Waals surface area contributed by atoms with Crippen molar-refractivity contribution in [3.8, 4) is 33.4 Å². The summed E-state index contributed by atoms with van der Waals surface area (Å²) in [7, 11) is 0. The smallest absolute Gasteiger partial charge is 0.407 e. The van der Waals surface area contributed by atoms with Crippen LogP contribution in [0.3, 0.4) is 0 Å². The number of benzene rings is 6. The summed E-state index contributed by atoms with van der Waals surface area (Å²) in [6, 6.07) is 47.6. The van der Waals surface area contributed by atoms with Gasteiger partial charge < -0.3 is 14.8 Å². The van der Waals surface area contributed by atoms with E-state index in [1.54, 1.807) is 6.07 Å². The van der Waals surface area contributed by atoms with Crippen LogP contribution < -0.4 is 5.32 Å². The van der Waals surface area contributed by atoms with Crippen molar-refractivity contribution < 1.29 is 19.1 Å². The van der Waals surface area contributed by atoms with Gasteiger partial charge >= 0.3 is 12.1 Å². The largest absolute Gasteiger partial charge is 0.456 e. The molecule has 7 nitrogen and oxygen atoms in total. The lowest BCUT2D eigenvalue weighted by Gasteiger charge is -2.19. The third-order valence-corrected chi connectivity index (χ3v) is 8.84. The van der Waals surface area contributed by atoms with Crippen LogP contribution in [0.25, 0.3) is 33.4 Å². The molecule has 0 saturated heterocycles. The van der Waals surface area contributed by atoms with E-state index in [1.165, 1.54) is 22.3 Å². The highest BCUT2D eigenvalue weighted by Gasteiger charge is 2.29. The third kappa shape index (κ3) is 8.00. The Bertz CT molecular complexity index is 2240. The first-order valence-electron chi connectivity index (χ1n) is 17.3. The van der Waals surface area contributed by atoms with Gasteiger partial charge in [0.05, 0.1) is 16.9 Å². The van der Waals surface area contributed by atoms with Gasteiger partial charge in [0.15, 0.2) is 0 Å². The molecule has 1 amide bonds. The van der Waals surface area contributed by atoms with Gasteiger partial charge in [-0.15, -0.1) is 0 Å². The van der Waals surface area contributed by atoms with Crippen LogP contribution >= 0.6 is 0 Å². The minimum Gasteiger partial charge on any atom is -0.456 e. The van der Waals surface area contributed by atoms with Crippen molar-refractivity contribution in [2.45, 2.75) is 38.8 Å². The van der Waals surface area contributed by atoms with Crippen molar-refractivity contribution in [1.82, 2.24) is 5.32 Å². The number of fused-ring (bicyclic) bond motifs is 3. The maximum Gasteiger partial charge on any atom is 0.407 e. The first-order valence-corrected chi connectivity index (χ1v) is 17.3. The van der Waals surface area contributed by atoms with Gasteiger partial charge in [0.1, 0.15) is 12.2 Å². The topological polar surface area (TPSA) is 89.4 Å². The van der Waals surface area contributed by atoms with E-state index in [0.29, 0.717) is 23.5 Å². The second-order valence-corrected chi connectivity index (χ2v) is 13.8. The number of carbonyl (C=O) groups excluding carboxylic acids is 2. The highest BCUT2D eigenvalue weighted by molar-refractivity contribution is 5.91. The van der Waals surface area contributed by atoms with E-state index in [9.17, 15) is 9.59 Å². The van der Waals surface area contributed by atoms with E-state index in [-0.39, 0.29) is 18.5 Å². The summed E-state index contributed by atoms with van der Waals surface area (Å²) in [4.78, 5) is 25.4. The summed E-state index contributed by atoms with van der Waals surface area (Å²) >= 11 is 0. The zero-order valence-corrected chi connectivity index (χ0v) is 29.4. The minimum absolute atomic E-state index is 0.0118. The van der Waals surface area contributed by atoms with Gasteiger partial charge in [0.2, 0.25) is 0 Å². The molecule has 258 valence electrons. The van der Waals surface area contributed by atoms with E-state index < -0.39 is 11.7 Å². The highest BCUT2D eigenvalue weighted by atomic mass is 16.6. The van der Waals surface area contributed by atoms with Crippen LogP contribution in [0.15, 0.2) is 156 Å². The average Bonchev–Trinajstić information content (AvgIpc) is 3.48. The molecule has 0 atom stereocenters. The van der Waals surface area contributed by atoms with Gasteiger partial charge in [-0.05, 0) is 113 Å². The number of nitrogens with one attached hydrogen (secondary N) is 1. The Morgan fingerprint density at radius 2 is 1.13 bits per heavy atom. The molecule has 0 aliphatic heterocycles. The first kappa shape index (κ1) is 34.1. The molecule has 0 fully saturated rings. The molecule has 1 aliphatic carbocycles. The number of amides is 1. The van der Waals surface area contributed by atoms with E-state index in [4.69, 9.17) is 9.47 Å². The molecule has 6 aromatic rings. The Kier molecular flexibility index (Phi) is 9.76. The zero-order chi connectivity index (χ0) is 36.1. The SMILES string of the molecule is CC(C)(C)OC(=O)c1cccc(-c2cccc(N=Nc3cccc(-c4cccc(CNC(=O)OCC5c6ccccc6-c6ccccc65)c4)c3)c2)c1. The lowest BCUT2D eigenvalue weighted by atomic mass is 9.98. The summed E-state index contributed by atoms with van der Waals surface area (Å²) in [6.07, 6.45) is -0.450. The van der Waals surface area contributed by atoms with E-state index in [2.05, 4.69) is 45.9 Å². The molecule has 0 spiro atoms. The quantitative estimate of drug-likeness (QED) is 0.121. The number of esters is 1. The summed E-state index contributed by atoms with van der Waals surface area (Å²) in [5, 5.41) is 12.0. The molecule has 7 rings (SSSR count). The predicted molar refractivity (Wildman–Crippen MR) is 205 cm³/mol. The lowest BCUT2D eigenvalue weighted by Crippen LogP contribution is -2.25. The zero-order valence-electron chi connectivity index (χ0n) is 29.4. The van der Waals surface area contributed by atoms with E-state index in [1.807, 2.05) is 130 Å². The Hall–Kier alpha value is -6.34. The number of hydrogen-bond donors (Lipinski definition) is 1. The minimum atomic E-state index is -0.571. The van der Waals surface area contributed by atoms with Gasteiger partial charge in [-0.2, -0.15) is 10.2 Å². The van der Waals surface area contributed by atoms with E-state index in [0.717, 1.165) is 27.8 Å². The van der Waals surface area contributed by atoms with Crippen molar-refractivity contribution in [3.05, 3.63) is 168 Å². The average molecular weight is 686 g/mol. The summed E-state index contributed by atoms with van der Waals surface area (Å²) < 4.78 is 11.3. The standard InChI is InChI=1S/C45H39N3O4/c1-45(2,3)52-43(49)35-17-9-14-32(25-35)34-16-11-19-37(27-34)48-47-36-18-10-15-33(26-36)31-13-8-12-30(24-31)28-46-44(50)51-29-42-40-22-6-4-20-38(40)39-21-5-7-23-41(39)42/h4-27,42H,28-29H2,1-3H3,(H,46,50). The lowest BCUT2D eigenvalue weighted by molar-refractivity contribution is 0.00694. The molecule has 0 unspecified atom stereocenters. The number of hydrogen-bond acceptors (Lipinski definition) is 6. The fourth-order valence-corrected chi connectivity index (χ4v) is 6.46. The number of rotatable bonds is 9. The van der Waals surface area contributed by atoms with Crippen LogP contribution in [-0.2, 0) is 16.0 Å². The van der Waals surface area contributed by atoms with Crippen LogP contribution in [0.4, 0.5) is 16.2 Å². The number of carbonyl (C=O) groups is 2. The fraction of sp³-hybridized carbons (Fsp3) is 0.156. The molecule has 7 heteroatoms. The monoisotopic (exact) mass is 685 g/mol. The Labute approximate surface area is 304 Å². The predicted octanol–water partition coefficient (Wildman–Crippen LogP) is 11.4. The van der Waals surface area contributed by atoms with Gasteiger partial charge in [-0.1, -0.05) is 103 Å². The molecule has 52 heavy (non-hydrogen) atoms. The third-order valence-electron chi connectivity index (χ3n) is 8.84. The number of alkyl carbamates (subject to hydrolysis) is 1. The highest BCUT2D eigenvalue weighted by Crippen LogP contribution is 2.44. The Balaban J connectivity index is 0.978. The number of azo groups is 1. The summed E-state index contributed by atoms with van der Waals surface area (Å²) in [5.74, 6) is -0.347. The first-order chi connectivity index (χ1) is 25.2.